The Morgan fingerprint density at radius 1 is 1.23 bits per heavy atom. The zero-order valence-corrected chi connectivity index (χ0v) is 15.8. The van der Waals surface area contributed by atoms with Crippen molar-refractivity contribution in [1.29, 1.82) is 0 Å². The van der Waals surface area contributed by atoms with Gasteiger partial charge in [0, 0.05) is 0 Å². The average Bonchev–Trinajstić information content (AvgIpc) is 3.28. The van der Waals surface area contributed by atoms with Crippen molar-refractivity contribution in [3.05, 3.63) is 42.4 Å². The van der Waals surface area contributed by atoms with Crippen molar-refractivity contribution >= 4 is 38.7 Å². The van der Waals surface area contributed by atoms with Gasteiger partial charge in [0.1, 0.15) is 27.7 Å². The molecule has 0 aliphatic rings. The van der Waals surface area contributed by atoms with E-state index in [1.807, 2.05) is 0 Å². The second-order valence-corrected chi connectivity index (χ2v) is 8.24. The maximum atomic E-state index is 12.8. The van der Waals surface area contributed by atoms with E-state index in [0.717, 1.165) is 11.7 Å². The van der Waals surface area contributed by atoms with Crippen molar-refractivity contribution in [2.75, 3.05) is 0 Å². The molecule has 2 N–H and O–H groups in total. The van der Waals surface area contributed by atoms with Crippen LogP contribution < -0.4 is 10.0 Å². The molecule has 1 amide bonds. The summed E-state index contributed by atoms with van der Waals surface area (Å²) < 4.78 is 41.4. The van der Waals surface area contributed by atoms with Crippen molar-refractivity contribution in [3.8, 4) is 0 Å². The van der Waals surface area contributed by atoms with E-state index in [1.165, 1.54) is 12.3 Å². The molecule has 0 bridgehead atoms. The number of sulfonamides is 1. The van der Waals surface area contributed by atoms with Crippen LogP contribution in [0.3, 0.4) is 0 Å². The van der Waals surface area contributed by atoms with Crippen molar-refractivity contribution in [2.45, 2.75) is 31.3 Å². The largest absolute Gasteiger partial charge is 0.467 e. The second-order valence-electron chi connectivity index (χ2n) is 6.03. The minimum absolute atomic E-state index is 0.00762. The van der Waals surface area contributed by atoms with Crippen LogP contribution in [0.25, 0.3) is 11.0 Å². The Balaban J connectivity index is 1.80. The minimum atomic E-state index is -3.95. The number of hydrogen-bond donors (Lipinski definition) is 2. The Kier molecular flexibility index (Phi) is 5.35. The number of nitrogens with zero attached hydrogens (tertiary/aromatic N) is 2. The first-order valence-electron chi connectivity index (χ1n) is 7.92. The average molecular weight is 394 g/mol. The fraction of sp³-hybridized carbons (Fsp3) is 0.312. The van der Waals surface area contributed by atoms with Crippen molar-refractivity contribution in [3.63, 3.8) is 0 Å². The molecule has 3 aromatic rings. The zero-order valence-electron chi connectivity index (χ0n) is 14.2. The number of nitrogens with one attached hydrogen (secondary N) is 2. The smallest absolute Gasteiger partial charge is 0.243 e. The third-order valence-electron chi connectivity index (χ3n) is 3.79. The second kappa shape index (κ2) is 7.52. The van der Waals surface area contributed by atoms with Crippen LogP contribution in [0, 0.1) is 5.92 Å². The van der Waals surface area contributed by atoms with Gasteiger partial charge in [-0.2, -0.15) is 13.5 Å². The quantitative estimate of drug-likeness (QED) is 0.633. The van der Waals surface area contributed by atoms with Crippen LogP contribution in [0.2, 0.25) is 0 Å². The molecule has 10 heteroatoms. The topological polar surface area (TPSA) is 114 Å². The van der Waals surface area contributed by atoms with E-state index < -0.39 is 22.0 Å². The van der Waals surface area contributed by atoms with Crippen LogP contribution in [-0.2, 0) is 21.4 Å². The van der Waals surface area contributed by atoms with E-state index in [0.29, 0.717) is 16.8 Å². The lowest BCUT2D eigenvalue weighted by molar-refractivity contribution is -0.123. The summed E-state index contributed by atoms with van der Waals surface area (Å²) in [4.78, 5) is 12.5. The van der Waals surface area contributed by atoms with Gasteiger partial charge < -0.3 is 9.73 Å². The summed E-state index contributed by atoms with van der Waals surface area (Å²) in [7, 11) is -3.95. The molecule has 1 atom stereocenters. The first kappa shape index (κ1) is 18.5. The van der Waals surface area contributed by atoms with Gasteiger partial charge in [0.2, 0.25) is 15.9 Å². The summed E-state index contributed by atoms with van der Waals surface area (Å²) in [5, 5.41) is 2.69. The molecule has 0 unspecified atom stereocenters. The molecule has 0 aliphatic carbocycles. The van der Waals surface area contributed by atoms with E-state index in [-0.39, 0.29) is 17.4 Å². The Labute approximate surface area is 155 Å². The van der Waals surface area contributed by atoms with Crippen LogP contribution >= 0.6 is 11.7 Å². The zero-order chi connectivity index (χ0) is 18.7. The predicted octanol–water partition coefficient (Wildman–Crippen LogP) is 1.90. The molecular formula is C16H18N4O4S2. The highest BCUT2D eigenvalue weighted by atomic mass is 32.2. The number of carbonyl (C=O) groups excluding carboxylic acids is 1. The van der Waals surface area contributed by atoms with Crippen LogP contribution in [0.4, 0.5) is 0 Å². The van der Waals surface area contributed by atoms with E-state index >= 15 is 0 Å². The molecule has 138 valence electrons. The number of carbonyl (C=O) groups is 1. The summed E-state index contributed by atoms with van der Waals surface area (Å²) >= 11 is 0.939. The molecular weight excluding hydrogens is 376 g/mol. The number of rotatable bonds is 7. The molecule has 0 radical (unpaired) electrons. The number of fused-ring (bicyclic) bond motifs is 1. The minimum Gasteiger partial charge on any atom is -0.467 e. The highest BCUT2D eigenvalue weighted by molar-refractivity contribution is 7.89. The summed E-state index contributed by atoms with van der Waals surface area (Å²) in [6, 6.07) is 7.24. The summed E-state index contributed by atoms with van der Waals surface area (Å²) in [6.45, 7) is 3.72. The van der Waals surface area contributed by atoms with Crippen molar-refractivity contribution in [2.24, 2.45) is 5.92 Å². The van der Waals surface area contributed by atoms with Gasteiger partial charge in [-0.25, -0.2) is 8.42 Å². The lowest BCUT2D eigenvalue weighted by Gasteiger charge is -2.21. The monoisotopic (exact) mass is 394 g/mol. The Morgan fingerprint density at radius 2 is 2.04 bits per heavy atom. The van der Waals surface area contributed by atoms with E-state index in [4.69, 9.17) is 4.42 Å². The lowest BCUT2D eigenvalue weighted by Crippen LogP contribution is -2.49. The van der Waals surface area contributed by atoms with Crippen molar-refractivity contribution < 1.29 is 17.6 Å². The van der Waals surface area contributed by atoms with E-state index in [1.54, 1.807) is 38.1 Å². The lowest BCUT2D eigenvalue weighted by atomic mass is 10.1. The van der Waals surface area contributed by atoms with Gasteiger partial charge in [-0.15, -0.1) is 0 Å². The normalized spacial score (nSPS) is 13.2. The number of amides is 1. The maximum absolute atomic E-state index is 12.8. The molecule has 2 heterocycles. The molecule has 0 spiro atoms. The molecule has 0 saturated carbocycles. The third kappa shape index (κ3) is 3.92. The van der Waals surface area contributed by atoms with Crippen LogP contribution in [-0.4, -0.2) is 29.1 Å². The van der Waals surface area contributed by atoms with Gasteiger partial charge in [0.15, 0.2) is 0 Å². The number of furan rings is 1. The predicted molar refractivity (Wildman–Crippen MR) is 96.9 cm³/mol. The number of benzene rings is 1. The first-order chi connectivity index (χ1) is 12.4. The molecule has 26 heavy (non-hydrogen) atoms. The van der Waals surface area contributed by atoms with Crippen LogP contribution in [0.1, 0.15) is 19.6 Å². The molecule has 0 aliphatic heterocycles. The third-order valence-corrected chi connectivity index (χ3v) is 5.80. The van der Waals surface area contributed by atoms with Gasteiger partial charge in [-0.05, 0) is 30.2 Å². The van der Waals surface area contributed by atoms with E-state index in [2.05, 4.69) is 18.8 Å². The first-order valence-corrected chi connectivity index (χ1v) is 10.1. The highest BCUT2D eigenvalue weighted by Gasteiger charge is 2.30. The van der Waals surface area contributed by atoms with Gasteiger partial charge in [-0.1, -0.05) is 19.9 Å². The van der Waals surface area contributed by atoms with Gasteiger partial charge in [0.25, 0.3) is 0 Å². The van der Waals surface area contributed by atoms with Gasteiger partial charge in [0.05, 0.1) is 24.5 Å². The van der Waals surface area contributed by atoms with Crippen LogP contribution in [0.5, 0.6) is 0 Å². The molecule has 8 nitrogen and oxygen atoms in total. The Hall–Kier alpha value is -2.30. The van der Waals surface area contributed by atoms with Crippen LogP contribution in [0.15, 0.2) is 45.9 Å². The summed E-state index contributed by atoms with van der Waals surface area (Å²) in [5.74, 6) is -0.0975. The fourth-order valence-corrected chi connectivity index (χ4v) is 4.53. The number of hydrogen-bond acceptors (Lipinski definition) is 7. The summed E-state index contributed by atoms with van der Waals surface area (Å²) in [6.07, 6.45) is 1.51. The molecule has 0 saturated heterocycles. The summed E-state index contributed by atoms with van der Waals surface area (Å²) in [5.41, 5.74) is 0.796. The standard InChI is InChI=1S/C16H18N4O4S2/c1-10(2)14(16(21)17-9-11-5-4-8-24-11)20-26(22,23)13-7-3-6-12-15(13)19-25-18-12/h3-8,10,14,20H,9H2,1-2H3,(H,17,21)/t14-/m0/s1. The fourth-order valence-electron chi connectivity index (χ4n) is 2.42. The molecule has 3 rings (SSSR count). The molecule has 0 fully saturated rings. The van der Waals surface area contributed by atoms with E-state index in [9.17, 15) is 13.2 Å². The molecule has 2 aromatic heterocycles. The van der Waals surface area contributed by atoms with Gasteiger partial charge in [-0.3, -0.25) is 4.79 Å². The highest BCUT2D eigenvalue weighted by Crippen LogP contribution is 2.21. The SMILES string of the molecule is CC(C)[C@H](NS(=O)(=O)c1cccc2nsnc12)C(=O)NCc1ccco1. The van der Waals surface area contributed by atoms with Crippen molar-refractivity contribution in [1.82, 2.24) is 18.8 Å². The van der Waals surface area contributed by atoms with Gasteiger partial charge >= 0.3 is 0 Å². The Morgan fingerprint density at radius 3 is 2.73 bits per heavy atom. The number of aromatic nitrogens is 2. The maximum Gasteiger partial charge on any atom is 0.243 e. The Bertz CT molecular complexity index is 996. The molecule has 1 aromatic carbocycles.